The zero-order valence-electron chi connectivity index (χ0n) is 14.5. The predicted octanol–water partition coefficient (Wildman–Crippen LogP) is 2.92. The third kappa shape index (κ3) is 5.26. The fourth-order valence-corrected chi connectivity index (χ4v) is 3.75. The van der Waals surface area contributed by atoms with Crippen molar-refractivity contribution in [3.8, 4) is 0 Å². The van der Waals surface area contributed by atoms with E-state index in [1.165, 1.54) is 25.9 Å². The van der Waals surface area contributed by atoms with E-state index in [-0.39, 0.29) is 11.5 Å². The van der Waals surface area contributed by atoms with E-state index in [0.29, 0.717) is 13.0 Å². The van der Waals surface area contributed by atoms with Gasteiger partial charge in [-0.15, -0.1) is 0 Å². The molecule has 0 N–H and O–H groups in total. The van der Waals surface area contributed by atoms with E-state index in [4.69, 9.17) is 4.74 Å². The summed E-state index contributed by atoms with van der Waals surface area (Å²) in [4.78, 5) is 17.1. The fraction of sp³-hybridized carbons (Fsp3) is 0.941. The van der Waals surface area contributed by atoms with Crippen LogP contribution in [0.15, 0.2) is 0 Å². The van der Waals surface area contributed by atoms with Crippen molar-refractivity contribution in [3.63, 3.8) is 0 Å². The van der Waals surface area contributed by atoms with Crippen LogP contribution in [-0.2, 0) is 9.53 Å². The minimum Gasteiger partial charge on any atom is -0.466 e. The standard InChI is InChI=1S/C17H34N2O2/c1-5-12-18-13-9-10-17(11-14-18,19(6-2)7-3)15-16(20)21-8-4/h5-15H2,1-4H3. The summed E-state index contributed by atoms with van der Waals surface area (Å²) in [5.74, 6) is -0.0339. The Balaban J connectivity index is 2.83. The molecule has 1 aliphatic heterocycles. The SMILES string of the molecule is CCCN1CCCC(CC(=O)OCC)(N(CC)CC)CC1. The van der Waals surface area contributed by atoms with Crippen LogP contribution in [0.4, 0.5) is 0 Å². The molecule has 1 saturated heterocycles. The minimum absolute atomic E-state index is 0.00174. The van der Waals surface area contributed by atoms with Crippen LogP contribution in [0, 0.1) is 0 Å². The molecule has 0 aromatic heterocycles. The second-order valence-corrected chi connectivity index (χ2v) is 6.07. The van der Waals surface area contributed by atoms with Crippen LogP contribution in [0.5, 0.6) is 0 Å². The van der Waals surface area contributed by atoms with Crippen molar-refractivity contribution in [1.29, 1.82) is 0 Å². The quantitative estimate of drug-likeness (QED) is 0.645. The molecule has 4 heteroatoms. The van der Waals surface area contributed by atoms with Crippen molar-refractivity contribution in [2.45, 2.75) is 65.3 Å². The number of carbonyl (C=O) groups is 1. The number of nitrogens with zero attached hydrogens (tertiary/aromatic N) is 2. The molecule has 4 nitrogen and oxygen atoms in total. The molecule has 0 saturated carbocycles. The van der Waals surface area contributed by atoms with Gasteiger partial charge in [0.05, 0.1) is 13.0 Å². The summed E-state index contributed by atoms with van der Waals surface area (Å²) in [5, 5.41) is 0. The first-order valence-electron chi connectivity index (χ1n) is 8.74. The van der Waals surface area contributed by atoms with Gasteiger partial charge in [0.2, 0.25) is 0 Å². The Labute approximate surface area is 130 Å². The highest BCUT2D eigenvalue weighted by atomic mass is 16.5. The third-order valence-corrected chi connectivity index (χ3v) is 4.76. The lowest BCUT2D eigenvalue weighted by atomic mass is 9.85. The maximum absolute atomic E-state index is 12.1. The van der Waals surface area contributed by atoms with Gasteiger partial charge in [0, 0.05) is 5.54 Å². The molecule has 0 spiro atoms. The molecule has 1 heterocycles. The molecule has 1 rings (SSSR count). The maximum atomic E-state index is 12.1. The lowest BCUT2D eigenvalue weighted by Crippen LogP contribution is -2.50. The van der Waals surface area contributed by atoms with E-state index in [1.54, 1.807) is 0 Å². The zero-order chi connectivity index (χ0) is 15.7. The largest absolute Gasteiger partial charge is 0.466 e. The van der Waals surface area contributed by atoms with E-state index < -0.39 is 0 Å². The van der Waals surface area contributed by atoms with Crippen molar-refractivity contribution in [2.75, 3.05) is 39.3 Å². The third-order valence-electron chi connectivity index (χ3n) is 4.76. The highest BCUT2D eigenvalue weighted by Crippen LogP contribution is 2.32. The molecular weight excluding hydrogens is 264 g/mol. The van der Waals surface area contributed by atoms with Gasteiger partial charge in [-0.25, -0.2) is 0 Å². The van der Waals surface area contributed by atoms with Crippen molar-refractivity contribution in [2.24, 2.45) is 0 Å². The van der Waals surface area contributed by atoms with E-state index in [2.05, 4.69) is 30.6 Å². The molecule has 0 aromatic carbocycles. The average Bonchev–Trinajstić information content (AvgIpc) is 2.65. The van der Waals surface area contributed by atoms with Gasteiger partial charge in [-0.1, -0.05) is 20.8 Å². The summed E-state index contributed by atoms with van der Waals surface area (Å²) < 4.78 is 5.24. The van der Waals surface area contributed by atoms with E-state index in [0.717, 1.165) is 32.5 Å². The molecule has 21 heavy (non-hydrogen) atoms. The first-order valence-corrected chi connectivity index (χ1v) is 8.74. The van der Waals surface area contributed by atoms with Gasteiger partial charge < -0.3 is 9.64 Å². The fourth-order valence-electron chi connectivity index (χ4n) is 3.75. The number of esters is 1. The number of rotatable bonds is 8. The smallest absolute Gasteiger partial charge is 0.307 e. The summed E-state index contributed by atoms with van der Waals surface area (Å²) in [5.41, 5.74) is -0.00174. The average molecular weight is 298 g/mol. The van der Waals surface area contributed by atoms with Gasteiger partial charge in [-0.3, -0.25) is 9.69 Å². The van der Waals surface area contributed by atoms with Crippen molar-refractivity contribution in [3.05, 3.63) is 0 Å². The van der Waals surface area contributed by atoms with Crippen molar-refractivity contribution in [1.82, 2.24) is 9.80 Å². The van der Waals surface area contributed by atoms with Gasteiger partial charge in [0.25, 0.3) is 0 Å². The molecule has 1 unspecified atom stereocenters. The van der Waals surface area contributed by atoms with E-state index >= 15 is 0 Å². The van der Waals surface area contributed by atoms with Gasteiger partial charge in [-0.05, 0) is 65.3 Å². The van der Waals surface area contributed by atoms with Gasteiger partial charge in [-0.2, -0.15) is 0 Å². The Morgan fingerprint density at radius 1 is 1.14 bits per heavy atom. The number of hydrogen-bond acceptors (Lipinski definition) is 4. The molecule has 0 aliphatic carbocycles. The summed E-state index contributed by atoms with van der Waals surface area (Å²) in [7, 11) is 0. The number of ether oxygens (including phenoxy) is 1. The topological polar surface area (TPSA) is 32.8 Å². The Bertz CT molecular complexity index is 305. The number of hydrogen-bond donors (Lipinski definition) is 0. The Hall–Kier alpha value is -0.610. The monoisotopic (exact) mass is 298 g/mol. The molecule has 0 amide bonds. The van der Waals surface area contributed by atoms with E-state index in [9.17, 15) is 4.79 Å². The summed E-state index contributed by atoms with van der Waals surface area (Å²) in [6.07, 6.45) is 5.11. The van der Waals surface area contributed by atoms with Crippen molar-refractivity contribution >= 4 is 5.97 Å². The lowest BCUT2D eigenvalue weighted by molar-refractivity contribution is -0.147. The molecule has 0 bridgehead atoms. The molecular formula is C17H34N2O2. The van der Waals surface area contributed by atoms with Crippen LogP contribution < -0.4 is 0 Å². The summed E-state index contributed by atoms with van der Waals surface area (Å²) in [6, 6.07) is 0. The molecule has 0 aromatic rings. The second kappa shape index (κ2) is 9.42. The Kier molecular flexibility index (Phi) is 8.27. The molecule has 1 atom stereocenters. The number of carbonyl (C=O) groups excluding carboxylic acids is 1. The Morgan fingerprint density at radius 3 is 2.43 bits per heavy atom. The van der Waals surface area contributed by atoms with Crippen LogP contribution in [0.25, 0.3) is 0 Å². The minimum atomic E-state index is -0.0339. The van der Waals surface area contributed by atoms with Crippen molar-refractivity contribution < 1.29 is 9.53 Å². The first-order chi connectivity index (χ1) is 10.1. The summed E-state index contributed by atoms with van der Waals surface area (Å²) in [6.45, 7) is 14.5. The van der Waals surface area contributed by atoms with Gasteiger partial charge in [0.15, 0.2) is 0 Å². The molecule has 0 radical (unpaired) electrons. The summed E-state index contributed by atoms with van der Waals surface area (Å²) >= 11 is 0. The van der Waals surface area contributed by atoms with Crippen LogP contribution in [0.3, 0.4) is 0 Å². The zero-order valence-corrected chi connectivity index (χ0v) is 14.5. The van der Waals surface area contributed by atoms with E-state index in [1.807, 2.05) is 6.92 Å². The van der Waals surface area contributed by atoms with Crippen LogP contribution in [0.2, 0.25) is 0 Å². The molecule has 1 fully saturated rings. The van der Waals surface area contributed by atoms with Crippen LogP contribution in [0.1, 0.15) is 59.8 Å². The maximum Gasteiger partial charge on any atom is 0.307 e. The normalized spacial score (nSPS) is 24.0. The predicted molar refractivity (Wildman–Crippen MR) is 87.5 cm³/mol. The lowest BCUT2D eigenvalue weighted by Gasteiger charge is -2.42. The second-order valence-electron chi connectivity index (χ2n) is 6.07. The van der Waals surface area contributed by atoms with Gasteiger partial charge >= 0.3 is 5.97 Å². The highest BCUT2D eigenvalue weighted by Gasteiger charge is 2.39. The molecule has 1 aliphatic rings. The molecule has 124 valence electrons. The van der Waals surface area contributed by atoms with Gasteiger partial charge in [0.1, 0.15) is 0 Å². The highest BCUT2D eigenvalue weighted by molar-refractivity contribution is 5.71. The van der Waals surface area contributed by atoms with Crippen LogP contribution >= 0.6 is 0 Å². The Morgan fingerprint density at radius 2 is 1.86 bits per heavy atom. The van der Waals surface area contributed by atoms with Crippen LogP contribution in [-0.4, -0.2) is 60.6 Å². The number of likely N-dealkylation sites (tertiary alicyclic amines) is 1. The first kappa shape index (κ1) is 18.4.